The molecule has 1 saturated heterocycles. The molecule has 11 nitrogen and oxygen atoms in total. The molecule has 1 aromatic heterocycles. The van der Waals surface area contributed by atoms with Crippen LogP contribution in [0.15, 0.2) is 59.5 Å². The van der Waals surface area contributed by atoms with Gasteiger partial charge in [-0.25, -0.2) is 4.79 Å². The molecule has 0 spiro atoms. The Morgan fingerprint density at radius 3 is 2.52 bits per heavy atom. The Morgan fingerprint density at radius 2 is 1.83 bits per heavy atom. The average molecular weight is 616 g/mol. The first kappa shape index (κ1) is 30.0. The van der Waals surface area contributed by atoms with Crippen molar-refractivity contribution >= 4 is 33.5 Å². The fourth-order valence-electron chi connectivity index (χ4n) is 4.64. The van der Waals surface area contributed by atoms with E-state index in [0.717, 1.165) is 12.8 Å². The molecule has 0 unspecified atom stereocenters. The lowest BCUT2D eigenvalue weighted by molar-refractivity contribution is 0.0526. The lowest BCUT2D eigenvalue weighted by Crippen LogP contribution is -2.52. The first-order valence-electron chi connectivity index (χ1n) is 13.9. The Balaban J connectivity index is 1.28. The molecule has 13 heteroatoms. The topological polar surface area (TPSA) is 123 Å². The second-order valence-electron chi connectivity index (χ2n) is 10.8. The Labute approximate surface area is 250 Å². The Bertz CT molecular complexity index is 1620. The number of aromatic nitrogens is 2. The van der Waals surface area contributed by atoms with Crippen molar-refractivity contribution in [3.05, 3.63) is 81.2 Å². The maximum atomic E-state index is 13.6. The van der Waals surface area contributed by atoms with E-state index in [1.54, 1.807) is 61.7 Å². The SMILES string of the molecule is CCOC(=O)c1cccc(CNS(=O)(=O)N2CCN(c3cnn(-c4cccc(Cl)c4)c(=O)c3OCC3(C)CC3)CC2)c1. The van der Waals surface area contributed by atoms with Crippen molar-refractivity contribution in [2.24, 2.45) is 5.41 Å². The number of hydrogen-bond donors (Lipinski definition) is 1. The first-order valence-corrected chi connectivity index (χ1v) is 15.7. The number of anilines is 1. The van der Waals surface area contributed by atoms with Crippen molar-refractivity contribution in [1.29, 1.82) is 0 Å². The van der Waals surface area contributed by atoms with E-state index in [-0.39, 0.29) is 37.4 Å². The van der Waals surface area contributed by atoms with Gasteiger partial charge in [0, 0.05) is 43.2 Å². The van der Waals surface area contributed by atoms with Crippen LogP contribution in [-0.2, 0) is 21.5 Å². The van der Waals surface area contributed by atoms with Gasteiger partial charge < -0.3 is 14.4 Å². The molecule has 3 aromatic rings. The third kappa shape index (κ3) is 6.95. The maximum absolute atomic E-state index is 13.6. The number of esters is 1. The standard InChI is InChI=1S/C29H34ClN5O6S/c1-3-40-28(37)22-7-4-6-21(16-22)18-32-42(38,39)34-14-12-33(13-15-34)25-19-31-35(24-9-5-8-23(30)17-24)27(36)26(25)41-20-29(2)10-11-29/h4-9,16-17,19,32H,3,10-15,18,20H2,1-2H3. The van der Waals surface area contributed by atoms with Crippen molar-refractivity contribution in [3.8, 4) is 11.4 Å². The van der Waals surface area contributed by atoms with Crippen molar-refractivity contribution < 1.29 is 22.7 Å². The third-order valence-corrected chi connectivity index (χ3v) is 9.24. The zero-order valence-corrected chi connectivity index (χ0v) is 25.2. The van der Waals surface area contributed by atoms with Gasteiger partial charge in [0.2, 0.25) is 5.75 Å². The summed E-state index contributed by atoms with van der Waals surface area (Å²) in [5.74, 6) is -0.267. The first-order chi connectivity index (χ1) is 20.1. The second kappa shape index (κ2) is 12.4. The van der Waals surface area contributed by atoms with Gasteiger partial charge >= 0.3 is 11.5 Å². The van der Waals surface area contributed by atoms with Gasteiger partial charge in [0.15, 0.2) is 0 Å². The smallest absolute Gasteiger partial charge is 0.338 e. The van der Waals surface area contributed by atoms with Crippen LogP contribution in [0.1, 0.15) is 42.6 Å². The normalized spacial score (nSPS) is 16.7. The van der Waals surface area contributed by atoms with E-state index < -0.39 is 21.7 Å². The van der Waals surface area contributed by atoms with Gasteiger partial charge in [-0.2, -0.15) is 27.2 Å². The Kier molecular flexibility index (Phi) is 8.88. The number of piperazine rings is 1. The molecule has 1 saturated carbocycles. The summed E-state index contributed by atoms with van der Waals surface area (Å²) in [5.41, 5.74) is 1.70. The van der Waals surface area contributed by atoms with Crippen LogP contribution in [0.4, 0.5) is 5.69 Å². The summed E-state index contributed by atoms with van der Waals surface area (Å²) in [5, 5.41) is 4.88. The molecule has 1 aliphatic heterocycles. The van der Waals surface area contributed by atoms with Crippen molar-refractivity contribution in [3.63, 3.8) is 0 Å². The van der Waals surface area contributed by atoms with E-state index >= 15 is 0 Å². The van der Waals surface area contributed by atoms with Crippen LogP contribution in [0.2, 0.25) is 5.02 Å². The summed E-state index contributed by atoms with van der Waals surface area (Å²) in [7, 11) is -3.80. The Morgan fingerprint density at radius 1 is 1.10 bits per heavy atom. The number of hydrogen-bond acceptors (Lipinski definition) is 8. The van der Waals surface area contributed by atoms with E-state index in [4.69, 9.17) is 21.1 Å². The number of carbonyl (C=O) groups is 1. The zero-order chi connectivity index (χ0) is 29.9. The highest BCUT2D eigenvalue weighted by Gasteiger charge is 2.39. The van der Waals surface area contributed by atoms with Gasteiger partial charge in [-0.15, -0.1) is 0 Å². The molecular formula is C29H34ClN5O6S. The van der Waals surface area contributed by atoms with Crippen molar-refractivity contribution in [2.75, 3.05) is 44.3 Å². The zero-order valence-electron chi connectivity index (χ0n) is 23.6. The highest BCUT2D eigenvalue weighted by atomic mass is 35.5. The van der Waals surface area contributed by atoms with E-state index in [1.807, 2.05) is 4.90 Å². The molecule has 0 radical (unpaired) electrons. The van der Waals surface area contributed by atoms with Gasteiger partial charge in [0.25, 0.3) is 10.2 Å². The number of halogens is 1. The largest absolute Gasteiger partial charge is 0.486 e. The molecule has 42 heavy (non-hydrogen) atoms. The summed E-state index contributed by atoms with van der Waals surface area (Å²) in [6.07, 6.45) is 3.66. The van der Waals surface area contributed by atoms with E-state index in [0.29, 0.717) is 47.2 Å². The van der Waals surface area contributed by atoms with Gasteiger partial charge in [-0.1, -0.05) is 36.7 Å². The minimum Gasteiger partial charge on any atom is -0.486 e. The van der Waals surface area contributed by atoms with E-state index in [2.05, 4.69) is 16.7 Å². The highest BCUT2D eigenvalue weighted by Crippen LogP contribution is 2.45. The number of nitrogens with one attached hydrogen (secondary N) is 1. The van der Waals surface area contributed by atoms with Gasteiger partial charge in [0.1, 0.15) is 5.69 Å². The quantitative estimate of drug-likeness (QED) is 0.326. The molecule has 0 bridgehead atoms. The molecule has 0 atom stereocenters. The molecule has 5 rings (SSSR count). The predicted octanol–water partition coefficient (Wildman–Crippen LogP) is 3.40. The summed E-state index contributed by atoms with van der Waals surface area (Å²) >= 11 is 6.15. The van der Waals surface area contributed by atoms with E-state index in [9.17, 15) is 18.0 Å². The average Bonchev–Trinajstić information content (AvgIpc) is 3.72. The lowest BCUT2D eigenvalue weighted by Gasteiger charge is -2.35. The van der Waals surface area contributed by atoms with Gasteiger partial charge in [-0.3, -0.25) is 4.79 Å². The van der Waals surface area contributed by atoms with Crippen LogP contribution in [0.5, 0.6) is 5.75 Å². The fraction of sp³-hybridized carbons (Fsp3) is 0.414. The van der Waals surface area contributed by atoms with Crippen molar-refractivity contribution in [2.45, 2.75) is 33.2 Å². The van der Waals surface area contributed by atoms with Crippen molar-refractivity contribution in [1.82, 2.24) is 18.8 Å². The van der Waals surface area contributed by atoms with Gasteiger partial charge in [0.05, 0.1) is 30.7 Å². The number of nitrogens with zero attached hydrogens (tertiary/aromatic N) is 4. The van der Waals surface area contributed by atoms with Crippen LogP contribution in [-0.4, -0.2) is 67.9 Å². The molecule has 1 N–H and O–H groups in total. The molecule has 224 valence electrons. The summed E-state index contributed by atoms with van der Waals surface area (Å²) in [6, 6.07) is 13.5. The highest BCUT2D eigenvalue weighted by molar-refractivity contribution is 7.87. The minimum atomic E-state index is -3.80. The summed E-state index contributed by atoms with van der Waals surface area (Å²) in [4.78, 5) is 27.5. The molecule has 2 aliphatic rings. The molecule has 2 aromatic carbocycles. The molecule has 2 fully saturated rings. The minimum absolute atomic E-state index is 0.0260. The fourth-order valence-corrected chi connectivity index (χ4v) is 6.00. The van der Waals surface area contributed by atoms with Gasteiger partial charge in [-0.05, 0) is 55.7 Å². The van der Waals surface area contributed by atoms with E-state index in [1.165, 1.54) is 8.99 Å². The number of benzene rings is 2. The monoisotopic (exact) mass is 615 g/mol. The van der Waals surface area contributed by atoms with Crippen LogP contribution in [0.25, 0.3) is 5.69 Å². The number of ether oxygens (including phenoxy) is 2. The second-order valence-corrected chi connectivity index (χ2v) is 13.0. The van der Waals surface area contributed by atoms with Crippen LogP contribution < -0.4 is 19.9 Å². The predicted molar refractivity (Wildman–Crippen MR) is 160 cm³/mol. The summed E-state index contributed by atoms with van der Waals surface area (Å²) in [6.45, 7) is 5.62. The third-order valence-electron chi connectivity index (χ3n) is 7.45. The maximum Gasteiger partial charge on any atom is 0.338 e. The molecule has 2 heterocycles. The molecule has 1 aliphatic carbocycles. The number of carbonyl (C=O) groups excluding carboxylic acids is 1. The van der Waals surface area contributed by atoms with Crippen LogP contribution in [0, 0.1) is 5.41 Å². The summed E-state index contributed by atoms with van der Waals surface area (Å²) < 4.78 is 42.6. The number of rotatable bonds is 11. The van der Waals surface area contributed by atoms with Crippen LogP contribution in [0.3, 0.4) is 0 Å². The Hall–Kier alpha value is -3.45. The molecule has 0 amide bonds. The van der Waals surface area contributed by atoms with Crippen LogP contribution >= 0.6 is 11.6 Å². The molecular weight excluding hydrogens is 582 g/mol. The lowest BCUT2D eigenvalue weighted by atomic mass is 10.1.